The zero-order valence-electron chi connectivity index (χ0n) is 17.4. The van der Waals surface area contributed by atoms with Gasteiger partial charge in [0.2, 0.25) is 0 Å². The lowest BCUT2D eigenvalue weighted by atomic mass is 9.95. The van der Waals surface area contributed by atoms with Crippen molar-refractivity contribution in [1.29, 1.82) is 0 Å². The van der Waals surface area contributed by atoms with Gasteiger partial charge >= 0.3 is 5.97 Å². The molecule has 0 saturated carbocycles. The molecule has 1 atom stereocenters. The first-order chi connectivity index (χ1) is 14.9. The number of benzene rings is 2. The number of nitrogens with zero attached hydrogens (tertiary/aromatic N) is 2. The average Bonchev–Trinajstić information content (AvgIpc) is 3.04. The van der Waals surface area contributed by atoms with Crippen molar-refractivity contribution in [2.24, 2.45) is 4.99 Å². The third-order valence-electron chi connectivity index (χ3n) is 5.10. The lowest BCUT2D eigenvalue weighted by Crippen LogP contribution is -2.39. The number of esters is 1. The van der Waals surface area contributed by atoms with Gasteiger partial charge in [-0.3, -0.25) is 9.36 Å². The first-order valence-corrected chi connectivity index (χ1v) is 10.7. The molecule has 0 radical (unpaired) electrons. The van der Waals surface area contributed by atoms with Crippen LogP contribution in [0.4, 0.5) is 4.39 Å². The average molecular weight is 437 g/mol. The molecule has 0 saturated heterocycles. The van der Waals surface area contributed by atoms with Crippen LogP contribution in [0.3, 0.4) is 0 Å². The van der Waals surface area contributed by atoms with Crippen molar-refractivity contribution in [1.82, 2.24) is 4.57 Å². The molecular formula is C24H21FN2O3S. The first-order valence-electron chi connectivity index (χ1n) is 9.91. The van der Waals surface area contributed by atoms with Crippen LogP contribution in [0.2, 0.25) is 0 Å². The molecule has 0 spiro atoms. The molecule has 1 aliphatic heterocycles. The van der Waals surface area contributed by atoms with Crippen LogP contribution in [-0.4, -0.2) is 17.1 Å². The van der Waals surface area contributed by atoms with Crippen molar-refractivity contribution in [3.05, 3.63) is 102 Å². The second kappa shape index (κ2) is 8.43. The van der Waals surface area contributed by atoms with Gasteiger partial charge in [0.15, 0.2) is 4.80 Å². The Bertz CT molecular complexity index is 1370. The minimum absolute atomic E-state index is 0.216. The number of hydrogen-bond donors (Lipinski definition) is 0. The maximum Gasteiger partial charge on any atom is 0.338 e. The van der Waals surface area contributed by atoms with Crippen molar-refractivity contribution in [3.63, 3.8) is 0 Å². The fourth-order valence-electron chi connectivity index (χ4n) is 3.59. The molecule has 7 heteroatoms. The molecule has 4 rings (SSSR count). The van der Waals surface area contributed by atoms with Crippen LogP contribution in [0, 0.1) is 12.7 Å². The molecule has 2 heterocycles. The van der Waals surface area contributed by atoms with Gasteiger partial charge in [0.1, 0.15) is 5.82 Å². The number of halogens is 1. The van der Waals surface area contributed by atoms with Crippen LogP contribution in [0.15, 0.2) is 69.6 Å². The summed E-state index contributed by atoms with van der Waals surface area (Å²) in [4.78, 5) is 31.2. The molecule has 0 fully saturated rings. The van der Waals surface area contributed by atoms with E-state index in [1.165, 1.54) is 28.0 Å². The molecule has 0 bridgehead atoms. The van der Waals surface area contributed by atoms with E-state index in [0.717, 1.165) is 11.1 Å². The van der Waals surface area contributed by atoms with E-state index in [9.17, 15) is 14.0 Å². The number of carbonyl (C=O) groups excluding carboxylic acids is 1. The van der Waals surface area contributed by atoms with Crippen LogP contribution in [-0.2, 0) is 9.53 Å². The number of hydrogen-bond acceptors (Lipinski definition) is 5. The standard InChI is InChI=1S/C24H21FN2O3S/c1-4-30-23(29)20-15(3)26-24-27(21(20)16-11-9-14(2)10-12-16)22(28)19(31-24)13-17-7-5-6-8-18(17)25/h5-13,21H,4H2,1-3H3/b19-13-. The Morgan fingerprint density at radius 1 is 1.19 bits per heavy atom. The molecule has 2 aromatic carbocycles. The van der Waals surface area contributed by atoms with E-state index in [0.29, 0.717) is 26.2 Å². The number of ether oxygens (including phenoxy) is 1. The molecule has 0 N–H and O–H groups in total. The number of aryl methyl sites for hydroxylation is 1. The molecule has 1 aliphatic rings. The normalized spacial score (nSPS) is 16.1. The number of rotatable bonds is 4. The number of allylic oxidation sites excluding steroid dienone is 1. The predicted octanol–water partition coefficient (Wildman–Crippen LogP) is 3.25. The number of fused-ring (bicyclic) bond motifs is 1. The molecule has 1 aromatic heterocycles. The largest absolute Gasteiger partial charge is 0.463 e. The Labute approximate surface area is 182 Å². The van der Waals surface area contributed by atoms with Crippen LogP contribution < -0.4 is 14.9 Å². The predicted molar refractivity (Wildman–Crippen MR) is 118 cm³/mol. The quantitative estimate of drug-likeness (QED) is 0.590. The Morgan fingerprint density at radius 3 is 2.58 bits per heavy atom. The summed E-state index contributed by atoms with van der Waals surface area (Å²) in [5, 5.41) is 0. The Morgan fingerprint density at radius 2 is 1.90 bits per heavy atom. The zero-order chi connectivity index (χ0) is 22.1. The summed E-state index contributed by atoms with van der Waals surface area (Å²) >= 11 is 1.17. The summed E-state index contributed by atoms with van der Waals surface area (Å²) in [5.74, 6) is -0.912. The van der Waals surface area contributed by atoms with Gasteiger partial charge in [-0.1, -0.05) is 59.4 Å². The second-order valence-electron chi connectivity index (χ2n) is 7.23. The summed E-state index contributed by atoms with van der Waals surface area (Å²) in [7, 11) is 0. The van der Waals surface area contributed by atoms with E-state index < -0.39 is 17.8 Å². The zero-order valence-corrected chi connectivity index (χ0v) is 18.2. The van der Waals surface area contributed by atoms with Gasteiger partial charge in [-0.15, -0.1) is 0 Å². The van der Waals surface area contributed by atoms with Crippen molar-refractivity contribution in [2.45, 2.75) is 26.8 Å². The highest BCUT2D eigenvalue weighted by atomic mass is 32.1. The molecule has 0 aliphatic carbocycles. The minimum Gasteiger partial charge on any atom is -0.463 e. The third kappa shape index (κ3) is 3.88. The fourth-order valence-corrected chi connectivity index (χ4v) is 4.63. The lowest BCUT2D eigenvalue weighted by Gasteiger charge is -2.24. The van der Waals surface area contributed by atoms with E-state index in [4.69, 9.17) is 4.74 Å². The van der Waals surface area contributed by atoms with Gasteiger partial charge in [-0.25, -0.2) is 14.2 Å². The van der Waals surface area contributed by atoms with Gasteiger partial charge in [0.25, 0.3) is 5.56 Å². The van der Waals surface area contributed by atoms with E-state index >= 15 is 0 Å². The fraction of sp³-hybridized carbons (Fsp3) is 0.208. The van der Waals surface area contributed by atoms with E-state index in [-0.39, 0.29) is 12.2 Å². The summed E-state index contributed by atoms with van der Waals surface area (Å²) in [6, 6.07) is 13.3. The van der Waals surface area contributed by atoms with Crippen molar-refractivity contribution in [3.8, 4) is 0 Å². The molecule has 0 amide bonds. The van der Waals surface area contributed by atoms with Crippen molar-refractivity contribution in [2.75, 3.05) is 6.61 Å². The minimum atomic E-state index is -0.668. The molecule has 158 valence electrons. The van der Waals surface area contributed by atoms with Gasteiger partial charge < -0.3 is 4.74 Å². The molecular weight excluding hydrogens is 415 g/mol. The van der Waals surface area contributed by atoms with E-state index in [1.54, 1.807) is 32.0 Å². The third-order valence-corrected chi connectivity index (χ3v) is 6.08. The van der Waals surface area contributed by atoms with Gasteiger partial charge in [-0.2, -0.15) is 0 Å². The van der Waals surface area contributed by atoms with Crippen LogP contribution in [0.1, 0.15) is 36.6 Å². The Balaban J connectivity index is 1.97. The first kappa shape index (κ1) is 20.9. The summed E-state index contributed by atoms with van der Waals surface area (Å²) in [6.45, 7) is 5.66. The number of aromatic nitrogens is 1. The van der Waals surface area contributed by atoms with Gasteiger partial charge in [-0.05, 0) is 38.5 Å². The number of carbonyl (C=O) groups is 1. The van der Waals surface area contributed by atoms with Crippen molar-refractivity contribution >= 4 is 23.4 Å². The van der Waals surface area contributed by atoms with Crippen LogP contribution in [0.25, 0.3) is 6.08 Å². The highest BCUT2D eigenvalue weighted by Gasteiger charge is 2.33. The maximum absolute atomic E-state index is 14.2. The van der Waals surface area contributed by atoms with Crippen molar-refractivity contribution < 1.29 is 13.9 Å². The van der Waals surface area contributed by atoms with Crippen LogP contribution in [0.5, 0.6) is 0 Å². The summed E-state index contributed by atoms with van der Waals surface area (Å²) in [5.41, 5.74) is 2.67. The smallest absolute Gasteiger partial charge is 0.338 e. The second-order valence-corrected chi connectivity index (χ2v) is 8.24. The van der Waals surface area contributed by atoms with Gasteiger partial charge in [0.05, 0.1) is 28.5 Å². The highest BCUT2D eigenvalue weighted by Crippen LogP contribution is 2.30. The molecule has 3 aromatic rings. The summed E-state index contributed by atoms with van der Waals surface area (Å²) < 4.78 is 21.3. The van der Waals surface area contributed by atoms with E-state index in [1.807, 2.05) is 31.2 Å². The highest BCUT2D eigenvalue weighted by molar-refractivity contribution is 7.07. The topological polar surface area (TPSA) is 60.7 Å². The number of thiazole rings is 1. The molecule has 1 unspecified atom stereocenters. The maximum atomic E-state index is 14.2. The van der Waals surface area contributed by atoms with Crippen LogP contribution >= 0.6 is 11.3 Å². The Kier molecular flexibility index (Phi) is 5.69. The summed E-state index contributed by atoms with van der Waals surface area (Å²) in [6.07, 6.45) is 1.52. The SMILES string of the molecule is CCOC(=O)C1=C(C)N=c2s/c(=C\c3ccccc3F)c(=O)n2C1c1ccc(C)cc1. The van der Waals surface area contributed by atoms with Gasteiger partial charge in [0, 0.05) is 5.56 Å². The lowest BCUT2D eigenvalue weighted by molar-refractivity contribution is -0.139. The van der Waals surface area contributed by atoms with E-state index in [2.05, 4.69) is 4.99 Å². The Hall–Kier alpha value is -3.32. The monoisotopic (exact) mass is 436 g/mol. The molecule has 5 nitrogen and oxygen atoms in total. The molecule has 31 heavy (non-hydrogen) atoms.